The Morgan fingerprint density at radius 3 is 2.77 bits per heavy atom. The van der Waals surface area contributed by atoms with Crippen LogP contribution in [-0.4, -0.2) is 25.2 Å². The fourth-order valence-corrected chi connectivity index (χ4v) is 2.57. The predicted molar refractivity (Wildman–Crippen MR) is 93.7 cm³/mol. The Labute approximate surface area is 151 Å². The minimum atomic E-state index is -0.459. The zero-order chi connectivity index (χ0) is 18.5. The van der Waals surface area contributed by atoms with E-state index in [2.05, 4.69) is 5.32 Å². The topological polar surface area (TPSA) is 82.8 Å². The number of nitrogens with two attached hydrogens (primary N) is 1. The number of fused-ring (bicyclic) bond motifs is 1. The van der Waals surface area contributed by atoms with Crippen molar-refractivity contribution in [1.29, 1.82) is 0 Å². The number of carbonyl (C=O) groups excluding carboxylic acids is 1. The van der Waals surface area contributed by atoms with Crippen molar-refractivity contribution in [3.05, 3.63) is 53.3 Å². The second-order valence-electron chi connectivity index (χ2n) is 6.00. The first-order valence-electron chi connectivity index (χ1n) is 8.36. The molecule has 3 rings (SSSR count). The standard InChI is InChI=1S/C19H21FN2O4/c1-12(19(21)23)22-10-14-5-6-16(18-17(14)24-7-8-25-18)26-11-13-3-2-4-15(20)9-13/h2-6,9,12,22H,7-8,10-11H2,1H3,(H2,21,23). The Balaban J connectivity index is 1.76. The smallest absolute Gasteiger partial charge is 0.234 e. The molecule has 2 aromatic rings. The highest BCUT2D eigenvalue weighted by molar-refractivity contribution is 5.79. The minimum Gasteiger partial charge on any atom is -0.486 e. The SMILES string of the molecule is CC(NCc1ccc(OCc2cccc(F)c2)c2c1OCCO2)C(N)=O. The van der Waals surface area contributed by atoms with E-state index in [0.717, 1.165) is 11.1 Å². The van der Waals surface area contributed by atoms with Crippen molar-refractivity contribution in [1.82, 2.24) is 5.32 Å². The Bertz CT molecular complexity index is 797. The van der Waals surface area contributed by atoms with Gasteiger partial charge in [-0.3, -0.25) is 4.79 Å². The van der Waals surface area contributed by atoms with Gasteiger partial charge in [0, 0.05) is 12.1 Å². The maximum Gasteiger partial charge on any atom is 0.234 e. The molecule has 1 heterocycles. The minimum absolute atomic E-state index is 0.212. The maximum absolute atomic E-state index is 13.3. The largest absolute Gasteiger partial charge is 0.486 e. The average Bonchev–Trinajstić information content (AvgIpc) is 2.64. The molecule has 0 saturated heterocycles. The molecule has 1 unspecified atom stereocenters. The number of carbonyl (C=O) groups is 1. The summed E-state index contributed by atoms with van der Waals surface area (Å²) < 4.78 is 30.5. The summed E-state index contributed by atoms with van der Waals surface area (Å²) in [7, 11) is 0. The van der Waals surface area contributed by atoms with Gasteiger partial charge >= 0.3 is 0 Å². The van der Waals surface area contributed by atoms with Crippen LogP contribution in [0.1, 0.15) is 18.1 Å². The molecule has 1 amide bonds. The van der Waals surface area contributed by atoms with Gasteiger partial charge in [-0.05, 0) is 30.7 Å². The summed E-state index contributed by atoms with van der Waals surface area (Å²) in [6, 6.07) is 9.39. The highest BCUT2D eigenvalue weighted by atomic mass is 19.1. The van der Waals surface area contributed by atoms with Crippen LogP contribution in [-0.2, 0) is 17.9 Å². The van der Waals surface area contributed by atoms with Crippen molar-refractivity contribution in [2.24, 2.45) is 5.73 Å². The zero-order valence-electron chi connectivity index (χ0n) is 14.5. The molecule has 26 heavy (non-hydrogen) atoms. The summed E-state index contributed by atoms with van der Waals surface area (Å²) in [6.45, 7) is 3.16. The summed E-state index contributed by atoms with van der Waals surface area (Å²) in [6.07, 6.45) is 0. The number of primary amides is 1. The molecule has 0 spiro atoms. The Hall–Kier alpha value is -2.80. The molecular weight excluding hydrogens is 339 g/mol. The van der Waals surface area contributed by atoms with Crippen LogP contribution in [0.4, 0.5) is 4.39 Å². The molecule has 1 atom stereocenters. The number of nitrogens with one attached hydrogen (secondary N) is 1. The second kappa shape index (κ2) is 8.05. The summed E-state index contributed by atoms with van der Waals surface area (Å²) in [5.74, 6) is 0.885. The summed E-state index contributed by atoms with van der Waals surface area (Å²) in [5.41, 5.74) is 6.82. The lowest BCUT2D eigenvalue weighted by atomic mass is 10.1. The molecule has 0 fully saturated rings. The van der Waals surface area contributed by atoms with Gasteiger partial charge in [0.2, 0.25) is 11.7 Å². The van der Waals surface area contributed by atoms with E-state index in [0.29, 0.717) is 37.0 Å². The number of halogens is 1. The Morgan fingerprint density at radius 2 is 2.04 bits per heavy atom. The van der Waals surface area contributed by atoms with Gasteiger partial charge in [-0.15, -0.1) is 0 Å². The average molecular weight is 360 g/mol. The van der Waals surface area contributed by atoms with Crippen LogP contribution in [0.5, 0.6) is 17.2 Å². The molecule has 7 heteroatoms. The molecule has 2 aromatic carbocycles. The first kappa shape index (κ1) is 18.0. The molecule has 0 saturated carbocycles. The van der Waals surface area contributed by atoms with E-state index in [1.54, 1.807) is 25.1 Å². The van der Waals surface area contributed by atoms with E-state index in [-0.39, 0.29) is 12.4 Å². The molecular formula is C19H21FN2O4. The normalized spacial score (nSPS) is 13.9. The third-order valence-electron chi connectivity index (χ3n) is 4.04. The van der Waals surface area contributed by atoms with Gasteiger partial charge in [0.25, 0.3) is 0 Å². The van der Waals surface area contributed by atoms with Crippen LogP contribution in [0.3, 0.4) is 0 Å². The Kier molecular flexibility index (Phi) is 5.58. The number of rotatable bonds is 7. The summed E-state index contributed by atoms with van der Waals surface area (Å²) in [4.78, 5) is 11.2. The van der Waals surface area contributed by atoms with Gasteiger partial charge in [0.1, 0.15) is 25.6 Å². The molecule has 6 nitrogen and oxygen atoms in total. The lowest BCUT2D eigenvalue weighted by Gasteiger charge is -2.24. The van der Waals surface area contributed by atoms with E-state index in [1.807, 2.05) is 6.07 Å². The molecule has 1 aliphatic heterocycles. The van der Waals surface area contributed by atoms with Crippen molar-refractivity contribution in [2.45, 2.75) is 26.1 Å². The molecule has 1 aliphatic rings. The first-order valence-corrected chi connectivity index (χ1v) is 8.36. The molecule has 0 radical (unpaired) electrons. The maximum atomic E-state index is 13.3. The van der Waals surface area contributed by atoms with Gasteiger partial charge in [0.05, 0.1) is 6.04 Å². The van der Waals surface area contributed by atoms with E-state index in [4.69, 9.17) is 19.9 Å². The molecule has 3 N–H and O–H groups in total. The second-order valence-corrected chi connectivity index (χ2v) is 6.00. The van der Waals surface area contributed by atoms with Crippen LogP contribution in [0.15, 0.2) is 36.4 Å². The molecule has 0 aromatic heterocycles. The van der Waals surface area contributed by atoms with E-state index >= 15 is 0 Å². The lowest BCUT2D eigenvalue weighted by molar-refractivity contribution is -0.119. The quantitative estimate of drug-likeness (QED) is 0.790. The highest BCUT2D eigenvalue weighted by Crippen LogP contribution is 2.42. The fraction of sp³-hybridized carbons (Fsp3) is 0.316. The van der Waals surface area contributed by atoms with Gasteiger partial charge in [0.15, 0.2) is 11.5 Å². The van der Waals surface area contributed by atoms with Crippen molar-refractivity contribution in [2.75, 3.05) is 13.2 Å². The number of hydrogen-bond acceptors (Lipinski definition) is 5. The lowest BCUT2D eigenvalue weighted by Crippen LogP contribution is -2.38. The van der Waals surface area contributed by atoms with Gasteiger partial charge in [-0.2, -0.15) is 0 Å². The van der Waals surface area contributed by atoms with E-state index in [1.165, 1.54) is 12.1 Å². The number of benzene rings is 2. The monoisotopic (exact) mass is 360 g/mol. The van der Waals surface area contributed by atoms with Crippen LogP contribution in [0.2, 0.25) is 0 Å². The van der Waals surface area contributed by atoms with Crippen molar-refractivity contribution in [3.63, 3.8) is 0 Å². The third kappa shape index (κ3) is 4.23. The van der Waals surface area contributed by atoms with Crippen LogP contribution in [0, 0.1) is 5.82 Å². The summed E-state index contributed by atoms with van der Waals surface area (Å²) >= 11 is 0. The van der Waals surface area contributed by atoms with E-state index in [9.17, 15) is 9.18 Å². The van der Waals surface area contributed by atoms with Gasteiger partial charge in [-0.1, -0.05) is 18.2 Å². The van der Waals surface area contributed by atoms with Gasteiger partial charge in [-0.25, -0.2) is 4.39 Å². The summed E-state index contributed by atoms with van der Waals surface area (Å²) in [5, 5.41) is 3.04. The number of amides is 1. The van der Waals surface area contributed by atoms with Crippen LogP contribution >= 0.6 is 0 Å². The van der Waals surface area contributed by atoms with Crippen molar-refractivity contribution in [3.8, 4) is 17.2 Å². The fourth-order valence-electron chi connectivity index (χ4n) is 2.57. The number of ether oxygens (including phenoxy) is 3. The zero-order valence-corrected chi connectivity index (χ0v) is 14.5. The van der Waals surface area contributed by atoms with Crippen molar-refractivity contribution >= 4 is 5.91 Å². The van der Waals surface area contributed by atoms with Crippen LogP contribution in [0.25, 0.3) is 0 Å². The first-order chi connectivity index (χ1) is 12.5. The molecule has 0 bridgehead atoms. The van der Waals surface area contributed by atoms with Crippen LogP contribution < -0.4 is 25.3 Å². The van der Waals surface area contributed by atoms with Gasteiger partial charge < -0.3 is 25.3 Å². The Morgan fingerprint density at radius 1 is 1.27 bits per heavy atom. The number of hydrogen-bond donors (Lipinski definition) is 2. The molecule has 138 valence electrons. The predicted octanol–water partition coefficient (Wildman–Crippen LogP) is 2.14. The highest BCUT2D eigenvalue weighted by Gasteiger charge is 2.22. The molecule has 0 aliphatic carbocycles. The third-order valence-corrected chi connectivity index (χ3v) is 4.04. The van der Waals surface area contributed by atoms with Crippen molar-refractivity contribution < 1.29 is 23.4 Å². The van der Waals surface area contributed by atoms with E-state index < -0.39 is 11.9 Å².